The molecule has 1 amide bonds. The minimum atomic E-state index is -0.997. The van der Waals surface area contributed by atoms with Crippen molar-refractivity contribution in [2.75, 3.05) is 13.7 Å². The molecule has 0 spiro atoms. The van der Waals surface area contributed by atoms with Crippen LogP contribution in [0, 0.1) is 0 Å². The quantitative estimate of drug-likeness (QED) is 0.867. The van der Waals surface area contributed by atoms with Crippen LogP contribution in [0.5, 0.6) is 5.75 Å². The van der Waals surface area contributed by atoms with Crippen LogP contribution < -0.4 is 10.1 Å². The molecular weight excluding hydrogens is 260 g/mol. The lowest BCUT2D eigenvalue weighted by atomic mass is 10.2. The predicted molar refractivity (Wildman–Crippen MR) is 74.1 cm³/mol. The Bertz CT molecular complexity index is 660. The molecule has 1 heterocycles. The summed E-state index contributed by atoms with van der Waals surface area (Å²) in [6.45, 7) is 2.18. The number of aromatic nitrogens is 1. The van der Waals surface area contributed by atoms with E-state index in [-0.39, 0.29) is 11.6 Å². The van der Waals surface area contributed by atoms with Gasteiger partial charge in [-0.2, -0.15) is 0 Å². The van der Waals surface area contributed by atoms with E-state index in [0.29, 0.717) is 18.8 Å². The first-order valence-corrected chi connectivity index (χ1v) is 6.18. The number of nitrogens with one attached hydrogen (secondary N) is 1. The fourth-order valence-electron chi connectivity index (χ4n) is 2.12. The van der Waals surface area contributed by atoms with Crippen LogP contribution in [-0.4, -0.2) is 35.2 Å². The molecule has 0 radical (unpaired) electrons. The summed E-state index contributed by atoms with van der Waals surface area (Å²) in [6.07, 6.45) is 0. The lowest BCUT2D eigenvalue weighted by molar-refractivity contribution is -0.118. The Kier molecular flexibility index (Phi) is 3.93. The standard InChI is InChI=1S/C14H16N2O4/c1-9(17)15-5-6-16-12-8-11(20-2)4-3-10(12)7-13(16)14(18)19/h3-4,7-8H,5-6H2,1-2H3,(H,15,17)(H,18,19). The third-order valence-corrected chi connectivity index (χ3v) is 3.04. The third-order valence-electron chi connectivity index (χ3n) is 3.04. The van der Waals surface area contributed by atoms with E-state index in [4.69, 9.17) is 4.74 Å². The molecule has 2 N–H and O–H groups in total. The number of carbonyl (C=O) groups is 2. The highest BCUT2D eigenvalue weighted by Gasteiger charge is 2.15. The van der Waals surface area contributed by atoms with Crippen molar-refractivity contribution in [3.8, 4) is 5.75 Å². The number of aromatic carboxylic acids is 1. The van der Waals surface area contributed by atoms with Crippen molar-refractivity contribution in [1.29, 1.82) is 0 Å². The van der Waals surface area contributed by atoms with Gasteiger partial charge in [-0.3, -0.25) is 4.79 Å². The molecular formula is C14H16N2O4. The predicted octanol–water partition coefficient (Wildman–Crippen LogP) is 1.48. The van der Waals surface area contributed by atoms with Gasteiger partial charge in [0.1, 0.15) is 11.4 Å². The van der Waals surface area contributed by atoms with Gasteiger partial charge >= 0.3 is 5.97 Å². The number of ether oxygens (including phenoxy) is 1. The topological polar surface area (TPSA) is 80.6 Å². The van der Waals surface area contributed by atoms with Gasteiger partial charge in [0.25, 0.3) is 0 Å². The van der Waals surface area contributed by atoms with Crippen molar-refractivity contribution in [2.45, 2.75) is 13.5 Å². The van der Waals surface area contributed by atoms with Crippen LogP contribution in [0.15, 0.2) is 24.3 Å². The molecule has 0 atom stereocenters. The molecule has 0 bridgehead atoms. The number of methoxy groups -OCH3 is 1. The minimum absolute atomic E-state index is 0.143. The summed E-state index contributed by atoms with van der Waals surface area (Å²) >= 11 is 0. The number of carbonyl (C=O) groups excluding carboxylic acids is 1. The Morgan fingerprint density at radius 2 is 2.10 bits per heavy atom. The first-order valence-electron chi connectivity index (χ1n) is 6.18. The molecule has 0 saturated heterocycles. The number of benzene rings is 1. The number of amides is 1. The number of fused-ring (bicyclic) bond motifs is 1. The van der Waals surface area contributed by atoms with Gasteiger partial charge in [-0.15, -0.1) is 0 Å². The Labute approximate surface area is 116 Å². The zero-order valence-corrected chi connectivity index (χ0v) is 11.3. The van der Waals surface area contributed by atoms with Gasteiger partial charge in [0.15, 0.2) is 0 Å². The van der Waals surface area contributed by atoms with E-state index >= 15 is 0 Å². The smallest absolute Gasteiger partial charge is 0.352 e. The van der Waals surface area contributed by atoms with Crippen LogP contribution in [0.4, 0.5) is 0 Å². The average molecular weight is 276 g/mol. The molecule has 1 aromatic heterocycles. The molecule has 0 aliphatic carbocycles. The SMILES string of the molecule is COc1ccc2cc(C(=O)O)n(CCNC(C)=O)c2c1. The first-order chi connectivity index (χ1) is 9.52. The van der Waals surface area contributed by atoms with Crippen LogP contribution in [0.25, 0.3) is 10.9 Å². The Morgan fingerprint density at radius 3 is 2.70 bits per heavy atom. The molecule has 0 aliphatic rings. The zero-order valence-electron chi connectivity index (χ0n) is 11.3. The Hall–Kier alpha value is -2.50. The summed E-state index contributed by atoms with van der Waals surface area (Å²) in [5, 5.41) is 12.7. The number of rotatable bonds is 5. The molecule has 0 fully saturated rings. The molecule has 6 heteroatoms. The number of nitrogens with zero attached hydrogens (tertiary/aromatic N) is 1. The fraction of sp³-hybridized carbons (Fsp3) is 0.286. The molecule has 1 aromatic carbocycles. The summed E-state index contributed by atoms with van der Waals surface area (Å²) in [5.74, 6) is -0.479. The van der Waals surface area contributed by atoms with E-state index in [2.05, 4.69) is 5.32 Å². The van der Waals surface area contributed by atoms with Gasteiger partial charge in [0.2, 0.25) is 5.91 Å². The van der Waals surface area contributed by atoms with Gasteiger partial charge < -0.3 is 19.7 Å². The minimum Gasteiger partial charge on any atom is -0.497 e. The molecule has 2 rings (SSSR count). The maximum absolute atomic E-state index is 11.3. The highest BCUT2D eigenvalue weighted by Crippen LogP contribution is 2.24. The highest BCUT2D eigenvalue weighted by molar-refractivity contribution is 5.95. The van der Waals surface area contributed by atoms with Crippen LogP contribution in [0.2, 0.25) is 0 Å². The lowest BCUT2D eigenvalue weighted by Crippen LogP contribution is -2.25. The normalized spacial score (nSPS) is 10.5. The van der Waals surface area contributed by atoms with E-state index in [9.17, 15) is 14.7 Å². The van der Waals surface area contributed by atoms with Gasteiger partial charge in [-0.05, 0) is 18.2 Å². The van der Waals surface area contributed by atoms with Crippen molar-refractivity contribution in [3.05, 3.63) is 30.0 Å². The van der Waals surface area contributed by atoms with E-state index < -0.39 is 5.97 Å². The van der Waals surface area contributed by atoms with Crippen LogP contribution in [0.3, 0.4) is 0 Å². The summed E-state index contributed by atoms with van der Waals surface area (Å²) in [4.78, 5) is 22.2. The second-order valence-corrected chi connectivity index (χ2v) is 4.39. The number of hydrogen-bond acceptors (Lipinski definition) is 3. The molecule has 2 aromatic rings. The largest absolute Gasteiger partial charge is 0.497 e. The van der Waals surface area contributed by atoms with Gasteiger partial charge in [-0.1, -0.05) is 0 Å². The van der Waals surface area contributed by atoms with Crippen LogP contribution in [-0.2, 0) is 11.3 Å². The fourth-order valence-corrected chi connectivity index (χ4v) is 2.12. The average Bonchev–Trinajstić information content (AvgIpc) is 2.76. The molecule has 20 heavy (non-hydrogen) atoms. The van der Waals surface area contributed by atoms with Crippen LogP contribution >= 0.6 is 0 Å². The second kappa shape index (κ2) is 5.64. The molecule has 106 valence electrons. The second-order valence-electron chi connectivity index (χ2n) is 4.39. The first kappa shape index (κ1) is 13.9. The lowest BCUT2D eigenvalue weighted by Gasteiger charge is -2.09. The molecule has 0 unspecified atom stereocenters. The number of hydrogen-bond donors (Lipinski definition) is 2. The summed E-state index contributed by atoms with van der Waals surface area (Å²) in [6, 6.07) is 7.00. The summed E-state index contributed by atoms with van der Waals surface area (Å²) in [7, 11) is 1.56. The highest BCUT2D eigenvalue weighted by atomic mass is 16.5. The van der Waals surface area contributed by atoms with Gasteiger partial charge in [0.05, 0.1) is 12.6 Å². The molecule has 0 saturated carbocycles. The van der Waals surface area contributed by atoms with Crippen molar-refractivity contribution < 1.29 is 19.4 Å². The van der Waals surface area contributed by atoms with E-state index in [1.165, 1.54) is 6.92 Å². The van der Waals surface area contributed by atoms with Gasteiger partial charge in [0, 0.05) is 31.5 Å². The van der Waals surface area contributed by atoms with Crippen molar-refractivity contribution >= 4 is 22.8 Å². The summed E-state index contributed by atoms with van der Waals surface area (Å²) in [5.41, 5.74) is 0.964. The Morgan fingerprint density at radius 1 is 1.35 bits per heavy atom. The van der Waals surface area contributed by atoms with Crippen molar-refractivity contribution in [1.82, 2.24) is 9.88 Å². The van der Waals surface area contributed by atoms with E-state index in [1.54, 1.807) is 29.9 Å². The monoisotopic (exact) mass is 276 g/mol. The number of carboxylic acid groups (broad SMARTS) is 1. The Balaban J connectivity index is 2.43. The zero-order chi connectivity index (χ0) is 14.7. The maximum Gasteiger partial charge on any atom is 0.352 e. The number of carboxylic acids is 1. The van der Waals surface area contributed by atoms with Crippen molar-refractivity contribution in [2.24, 2.45) is 0 Å². The van der Waals surface area contributed by atoms with E-state index in [0.717, 1.165) is 10.9 Å². The van der Waals surface area contributed by atoms with Crippen molar-refractivity contribution in [3.63, 3.8) is 0 Å². The third kappa shape index (κ3) is 2.74. The van der Waals surface area contributed by atoms with Crippen LogP contribution in [0.1, 0.15) is 17.4 Å². The maximum atomic E-state index is 11.3. The molecule has 6 nitrogen and oxygen atoms in total. The van der Waals surface area contributed by atoms with E-state index in [1.807, 2.05) is 6.07 Å². The molecule has 0 aliphatic heterocycles. The summed E-state index contributed by atoms with van der Waals surface area (Å²) < 4.78 is 6.82. The van der Waals surface area contributed by atoms with Gasteiger partial charge in [-0.25, -0.2) is 4.79 Å².